The molecule has 0 aromatic heterocycles. The highest BCUT2D eigenvalue weighted by molar-refractivity contribution is 5.81. The third-order valence-corrected chi connectivity index (χ3v) is 1.31. The molecular formula is C9H19NO3. The highest BCUT2D eigenvalue weighted by Crippen LogP contribution is 1.93. The first kappa shape index (κ1) is 11.9. The molecule has 1 N–H and O–H groups in total. The van der Waals surface area contributed by atoms with Crippen LogP contribution in [-0.2, 0) is 14.3 Å². The molecule has 0 aliphatic heterocycles. The van der Waals surface area contributed by atoms with Gasteiger partial charge in [0, 0.05) is 13.9 Å². The van der Waals surface area contributed by atoms with Crippen molar-refractivity contribution in [1.29, 1.82) is 0 Å². The topological polar surface area (TPSA) is 55.4 Å². The molecule has 0 radical (unpaired) electrons. The fourth-order valence-electron chi connectivity index (χ4n) is 0.843. The SMILES string of the molecule is CCOC(=O)CCC(=O)NC(C)C.[HH]. The molecule has 78 valence electrons. The number of amides is 1. The molecule has 0 unspecified atom stereocenters. The first-order valence-corrected chi connectivity index (χ1v) is 4.51. The van der Waals surface area contributed by atoms with Gasteiger partial charge >= 0.3 is 5.97 Å². The summed E-state index contributed by atoms with van der Waals surface area (Å²) >= 11 is 0. The summed E-state index contributed by atoms with van der Waals surface area (Å²) < 4.78 is 4.68. The second-order valence-corrected chi connectivity index (χ2v) is 3.03. The zero-order valence-corrected chi connectivity index (χ0v) is 8.42. The fourth-order valence-corrected chi connectivity index (χ4v) is 0.843. The lowest BCUT2D eigenvalue weighted by Gasteiger charge is -2.07. The predicted molar refractivity (Wildman–Crippen MR) is 51.3 cm³/mol. The minimum absolute atomic E-state index is 0. The van der Waals surface area contributed by atoms with Gasteiger partial charge in [-0.2, -0.15) is 0 Å². The standard InChI is InChI=1S/C9H17NO3.H2/c1-4-13-9(12)6-5-8(11)10-7(2)3;/h7H,4-6H2,1-3H3,(H,10,11);1H. The molecule has 1 amide bonds. The second-order valence-electron chi connectivity index (χ2n) is 3.03. The predicted octanol–water partition coefficient (Wildman–Crippen LogP) is 1.10. The van der Waals surface area contributed by atoms with E-state index in [2.05, 4.69) is 10.1 Å². The van der Waals surface area contributed by atoms with Crippen molar-refractivity contribution in [3.8, 4) is 0 Å². The summed E-state index contributed by atoms with van der Waals surface area (Å²) in [5.74, 6) is -0.426. The Labute approximate surface area is 80.1 Å². The molecular weight excluding hydrogens is 170 g/mol. The lowest BCUT2D eigenvalue weighted by atomic mass is 10.3. The number of ether oxygens (including phenoxy) is 1. The highest BCUT2D eigenvalue weighted by Gasteiger charge is 2.07. The average molecular weight is 189 g/mol. The molecule has 0 fully saturated rings. The molecule has 0 aliphatic rings. The maximum atomic E-state index is 11.0. The van der Waals surface area contributed by atoms with Gasteiger partial charge in [0.15, 0.2) is 0 Å². The smallest absolute Gasteiger partial charge is 0.306 e. The molecule has 0 rings (SSSR count). The summed E-state index contributed by atoms with van der Waals surface area (Å²) in [4.78, 5) is 21.9. The van der Waals surface area contributed by atoms with E-state index < -0.39 is 0 Å². The zero-order valence-electron chi connectivity index (χ0n) is 8.42. The van der Waals surface area contributed by atoms with Gasteiger partial charge in [0.1, 0.15) is 0 Å². The van der Waals surface area contributed by atoms with Crippen molar-refractivity contribution in [1.82, 2.24) is 5.32 Å². The molecule has 0 aromatic carbocycles. The van der Waals surface area contributed by atoms with Crippen molar-refractivity contribution in [2.45, 2.75) is 39.7 Å². The number of rotatable bonds is 5. The molecule has 0 saturated heterocycles. The molecule has 4 nitrogen and oxygen atoms in total. The van der Waals surface area contributed by atoms with Gasteiger partial charge in [-0.1, -0.05) is 0 Å². The molecule has 0 aliphatic carbocycles. The summed E-state index contributed by atoms with van der Waals surface area (Å²) in [6.45, 7) is 5.86. The Bertz CT molecular complexity index is 183. The largest absolute Gasteiger partial charge is 0.466 e. The van der Waals surface area contributed by atoms with Crippen LogP contribution in [0.5, 0.6) is 0 Å². The molecule has 0 saturated carbocycles. The van der Waals surface area contributed by atoms with Crippen LogP contribution in [0, 0.1) is 0 Å². The van der Waals surface area contributed by atoms with Crippen molar-refractivity contribution in [3.63, 3.8) is 0 Å². The lowest BCUT2D eigenvalue weighted by Crippen LogP contribution is -2.30. The number of hydrogen-bond donors (Lipinski definition) is 1. The van der Waals surface area contributed by atoms with Crippen molar-refractivity contribution in [3.05, 3.63) is 0 Å². The second kappa shape index (κ2) is 6.46. The van der Waals surface area contributed by atoms with Crippen molar-refractivity contribution in [2.75, 3.05) is 6.61 Å². The number of esters is 1. The van der Waals surface area contributed by atoms with Gasteiger partial charge < -0.3 is 10.1 Å². The van der Waals surface area contributed by atoms with E-state index in [1.165, 1.54) is 0 Å². The zero-order chi connectivity index (χ0) is 10.3. The quantitative estimate of drug-likeness (QED) is 0.659. The van der Waals surface area contributed by atoms with Crippen LogP contribution in [-0.4, -0.2) is 24.5 Å². The Hall–Kier alpha value is -1.06. The Kier molecular flexibility index (Phi) is 5.93. The van der Waals surface area contributed by atoms with Gasteiger partial charge in [0.05, 0.1) is 13.0 Å². The highest BCUT2D eigenvalue weighted by atomic mass is 16.5. The van der Waals surface area contributed by atoms with E-state index in [-0.39, 0.29) is 32.2 Å². The maximum Gasteiger partial charge on any atom is 0.306 e. The van der Waals surface area contributed by atoms with E-state index in [9.17, 15) is 9.59 Å². The summed E-state index contributed by atoms with van der Waals surface area (Å²) in [5.41, 5.74) is 0. The molecule has 0 heterocycles. The van der Waals surface area contributed by atoms with Crippen LogP contribution < -0.4 is 5.32 Å². The minimum atomic E-state index is -0.318. The Morgan fingerprint density at radius 1 is 1.38 bits per heavy atom. The molecule has 0 spiro atoms. The van der Waals surface area contributed by atoms with E-state index in [1.807, 2.05) is 13.8 Å². The third-order valence-electron chi connectivity index (χ3n) is 1.31. The van der Waals surface area contributed by atoms with E-state index in [4.69, 9.17) is 0 Å². The van der Waals surface area contributed by atoms with Crippen LogP contribution >= 0.6 is 0 Å². The minimum Gasteiger partial charge on any atom is -0.466 e. The summed E-state index contributed by atoms with van der Waals surface area (Å²) in [6.07, 6.45) is 0.364. The van der Waals surface area contributed by atoms with E-state index in [0.29, 0.717) is 6.61 Å². The van der Waals surface area contributed by atoms with Crippen molar-refractivity contribution < 1.29 is 15.8 Å². The molecule has 4 heteroatoms. The summed E-state index contributed by atoms with van der Waals surface area (Å²) in [6, 6.07) is 0.120. The number of carbonyl (C=O) groups is 2. The molecule has 0 aromatic rings. The van der Waals surface area contributed by atoms with Crippen molar-refractivity contribution >= 4 is 11.9 Å². The maximum absolute atomic E-state index is 11.0. The monoisotopic (exact) mass is 189 g/mol. The van der Waals surface area contributed by atoms with Crippen LogP contribution in [0.25, 0.3) is 0 Å². The first-order chi connectivity index (χ1) is 6.06. The van der Waals surface area contributed by atoms with Gasteiger partial charge in [-0.15, -0.1) is 0 Å². The van der Waals surface area contributed by atoms with Gasteiger partial charge in [-0.3, -0.25) is 9.59 Å². The van der Waals surface area contributed by atoms with Crippen LogP contribution in [0.4, 0.5) is 0 Å². The van der Waals surface area contributed by atoms with Gasteiger partial charge in [0.2, 0.25) is 5.91 Å². The van der Waals surface area contributed by atoms with Gasteiger partial charge in [0.25, 0.3) is 0 Å². The molecule has 13 heavy (non-hydrogen) atoms. The number of nitrogens with one attached hydrogen (secondary N) is 1. The third kappa shape index (κ3) is 7.31. The van der Waals surface area contributed by atoms with Crippen LogP contribution in [0.2, 0.25) is 0 Å². The summed E-state index contributed by atoms with van der Waals surface area (Å²) in [5, 5.41) is 2.69. The molecule has 0 atom stereocenters. The Balaban J connectivity index is 0. The van der Waals surface area contributed by atoms with Crippen LogP contribution in [0.15, 0.2) is 0 Å². The van der Waals surface area contributed by atoms with Gasteiger partial charge in [-0.05, 0) is 20.8 Å². The number of carbonyl (C=O) groups excluding carboxylic acids is 2. The average Bonchev–Trinajstić information content (AvgIpc) is 2.00. The lowest BCUT2D eigenvalue weighted by molar-refractivity contribution is -0.144. The van der Waals surface area contributed by atoms with E-state index in [1.54, 1.807) is 6.92 Å². The first-order valence-electron chi connectivity index (χ1n) is 4.51. The summed E-state index contributed by atoms with van der Waals surface area (Å²) in [7, 11) is 0. The molecule has 0 bridgehead atoms. The van der Waals surface area contributed by atoms with E-state index in [0.717, 1.165) is 0 Å². The van der Waals surface area contributed by atoms with Crippen LogP contribution in [0.1, 0.15) is 35.0 Å². The Morgan fingerprint density at radius 3 is 2.46 bits per heavy atom. The van der Waals surface area contributed by atoms with Gasteiger partial charge in [-0.25, -0.2) is 0 Å². The van der Waals surface area contributed by atoms with Crippen LogP contribution in [0.3, 0.4) is 0 Å². The fraction of sp³-hybridized carbons (Fsp3) is 0.778. The van der Waals surface area contributed by atoms with Crippen molar-refractivity contribution in [2.24, 2.45) is 0 Å². The normalized spacial score (nSPS) is 9.85. The Morgan fingerprint density at radius 2 is 2.00 bits per heavy atom. The number of hydrogen-bond acceptors (Lipinski definition) is 3. The van der Waals surface area contributed by atoms with E-state index >= 15 is 0 Å².